The lowest BCUT2D eigenvalue weighted by molar-refractivity contribution is -0.140. The minimum Gasteiger partial charge on any atom is -0.480 e. The van der Waals surface area contributed by atoms with Crippen molar-refractivity contribution in [3.8, 4) is 0 Å². The normalized spacial score (nSPS) is 19.7. The Morgan fingerprint density at radius 1 is 1.53 bits per heavy atom. The van der Waals surface area contributed by atoms with Gasteiger partial charge in [0.15, 0.2) is 0 Å². The molecule has 5 nitrogen and oxygen atoms in total. The van der Waals surface area contributed by atoms with E-state index in [1.54, 1.807) is 0 Å². The van der Waals surface area contributed by atoms with Gasteiger partial charge in [0.1, 0.15) is 6.04 Å². The number of carboxylic acids is 1. The van der Waals surface area contributed by atoms with Gasteiger partial charge in [-0.2, -0.15) is 0 Å². The molecule has 1 aliphatic rings. The van der Waals surface area contributed by atoms with Crippen molar-refractivity contribution in [3.05, 3.63) is 0 Å². The maximum atomic E-state index is 11.7. The fraction of sp³-hybridized carbons (Fsp3) is 0.818. The van der Waals surface area contributed by atoms with Crippen molar-refractivity contribution in [3.63, 3.8) is 0 Å². The number of nitrogens with zero attached hydrogens (tertiary/aromatic N) is 1. The van der Waals surface area contributed by atoms with E-state index in [4.69, 9.17) is 5.11 Å². The summed E-state index contributed by atoms with van der Waals surface area (Å²) >= 11 is 1.48. The van der Waals surface area contributed by atoms with Crippen molar-refractivity contribution < 1.29 is 14.7 Å². The molecule has 1 atom stereocenters. The number of hydrogen-bond acceptors (Lipinski definition) is 3. The largest absolute Gasteiger partial charge is 0.480 e. The van der Waals surface area contributed by atoms with E-state index in [0.717, 1.165) is 12.8 Å². The van der Waals surface area contributed by atoms with Gasteiger partial charge in [-0.1, -0.05) is 13.8 Å². The molecule has 17 heavy (non-hydrogen) atoms. The maximum Gasteiger partial charge on any atom is 0.327 e. The molecule has 1 heterocycles. The lowest BCUT2D eigenvalue weighted by atomic mass is 10.1. The van der Waals surface area contributed by atoms with Crippen LogP contribution in [0.15, 0.2) is 0 Å². The van der Waals surface area contributed by atoms with Crippen LogP contribution in [0.2, 0.25) is 0 Å². The molecule has 1 saturated heterocycles. The quantitative estimate of drug-likeness (QED) is 0.737. The average molecular weight is 260 g/mol. The van der Waals surface area contributed by atoms with Gasteiger partial charge in [-0.3, -0.25) is 0 Å². The first kappa shape index (κ1) is 14.2. The predicted molar refractivity (Wildman–Crippen MR) is 68.1 cm³/mol. The number of carbonyl (C=O) groups is 2. The Kier molecular flexibility index (Phi) is 5.61. The molecule has 0 aromatic rings. The number of nitrogens with one attached hydrogen (secondary N) is 1. The molecule has 0 spiro atoms. The van der Waals surface area contributed by atoms with Gasteiger partial charge < -0.3 is 15.3 Å². The molecule has 2 amide bonds. The van der Waals surface area contributed by atoms with Crippen molar-refractivity contribution in [1.82, 2.24) is 10.2 Å². The third-order valence-corrected chi connectivity index (χ3v) is 3.67. The van der Waals surface area contributed by atoms with Gasteiger partial charge in [0.05, 0.1) is 5.88 Å². The fourth-order valence-electron chi connectivity index (χ4n) is 1.65. The highest BCUT2D eigenvalue weighted by Gasteiger charge is 2.34. The summed E-state index contributed by atoms with van der Waals surface area (Å²) < 4.78 is 0. The van der Waals surface area contributed by atoms with Crippen molar-refractivity contribution in [2.75, 3.05) is 18.2 Å². The summed E-state index contributed by atoms with van der Waals surface area (Å²) in [5.41, 5.74) is 0. The van der Waals surface area contributed by atoms with Crippen LogP contribution in [0.4, 0.5) is 4.79 Å². The summed E-state index contributed by atoms with van der Waals surface area (Å²) in [6.07, 6.45) is 2.00. The fourth-order valence-corrected chi connectivity index (χ4v) is 2.80. The highest BCUT2D eigenvalue weighted by molar-refractivity contribution is 7.99. The molecule has 0 aromatic heterocycles. The number of rotatable bonds is 5. The summed E-state index contributed by atoms with van der Waals surface area (Å²) in [7, 11) is 0. The van der Waals surface area contributed by atoms with E-state index >= 15 is 0 Å². The Bertz CT molecular complexity index is 284. The molecule has 0 aromatic carbocycles. The zero-order valence-electron chi connectivity index (χ0n) is 10.3. The molecule has 0 saturated carbocycles. The number of carboxylic acid groups (broad SMARTS) is 1. The molecule has 1 unspecified atom stereocenters. The van der Waals surface area contributed by atoms with Gasteiger partial charge in [-0.25, -0.2) is 9.59 Å². The molecule has 1 rings (SSSR count). The third-order valence-electron chi connectivity index (χ3n) is 2.66. The van der Waals surface area contributed by atoms with E-state index in [9.17, 15) is 9.59 Å². The molecule has 0 bridgehead atoms. The van der Waals surface area contributed by atoms with Crippen LogP contribution < -0.4 is 5.32 Å². The molecular weight excluding hydrogens is 240 g/mol. The predicted octanol–water partition coefficient (Wildman–Crippen LogP) is 1.59. The van der Waals surface area contributed by atoms with E-state index in [2.05, 4.69) is 19.2 Å². The first-order valence-electron chi connectivity index (χ1n) is 5.87. The van der Waals surface area contributed by atoms with Gasteiger partial charge in [0.25, 0.3) is 0 Å². The molecule has 0 aliphatic carbocycles. The van der Waals surface area contributed by atoms with Crippen LogP contribution in [0.1, 0.15) is 26.7 Å². The molecular formula is C11H20N2O3S. The summed E-state index contributed by atoms with van der Waals surface area (Å²) in [5.74, 6) is 0.648. The van der Waals surface area contributed by atoms with E-state index in [1.807, 2.05) is 0 Å². The highest BCUT2D eigenvalue weighted by atomic mass is 32.2. The first-order valence-corrected chi connectivity index (χ1v) is 7.03. The average Bonchev–Trinajstić information content (AvgIpc) is 2.72. The van der Waals surface area contributed by atoms with E-state index in [0.29, 0.717) is 24.1 Å². The van der Waals surface area contributed by atoms with Gasteiger partial charge >= 0.3 is 12.0 Å². The summed E-state index contributed by atoms with van der Waals surface area (Å²) in [4.78, 5) is 24.0. The molecule has 0 radical (unpaired) electrons. The van der Waals surface area contributed by atoms with Gasteiger partial charge in [-0.15, -0.1) is 11.8 Å². The molecule has 6 heteroatoms. The SMILES string of the molecule is CC(C)CCCNC(=O)N1CSCC1C(=O)O. The number of thioether (sulfide) groups is 1. The maximum absolute atomic E-state index is 11.7. The number of hydrogen-bond donors (Lipinski definition) is 2. The standard InChI is InChI=1S/C11H20N2O3S/c1-8(2)4-3-5-12-11(16)13-7-17-6-9(13)10(14)15/h8-9H,3-7H2,1-2H3,(H,12,16)(H,14,15). The molecule has 98 valence electrons. The van der Waals surface area contributed by atoms with Crippen LogP contribution in [-0.4, -0.2) is 46.2 Å². The minimum atomic E-state index is -0.924. The molecule has 1 fully saturated rings. The second kappa shape index (κ2) is 6.74. The van der Waals surface area contributed by atoms with E-state index in [1.165, 1.54) is 16.7 Å². The number of carbonyl (C=O) groups excluding carboxylic acids is 1. The lowest BCUT2D eigenvalue weighted by Crippen LogP contribution is -2.47. The van der Waals surface area contributed by atoms with Gasteiger partial charge in [0, 0.05) is 12.3 Å². The van der Waals surface area contributed by atoms with Crippen LogP contribution in [0.5, 0.6) is 0 Å². The van der Waals surface area contributed by atoms with Crippen LogP contribution in [0.3, 0.4) is 0 Å². The minimum absolute atomic E-state index is 0.258. The zero-order valence-corrected chi connectivity index (χ0v) is 11.1. The lowest BCUT2D eigenvalue weighted by Gasteiger charge is -2.20. The Balaban J connectivity index is 2.29. The second-order valence-electron chi connectivity index (χ2n) is 4.59. The van der Waals surface area contributed by atoms with Gasteiger partial charge in [0.2, 0.25) is 0 Å². The van der Waals surface area contributed by atoms with Gasteiger partial charge in [-0.05, 0) is 18.8 Å². The zero-order chi connectivity index (χ0) is 12.8. The monoisotopic (exact) mass is 260 g/mol. The van der Waals surface area contributed by atoms with E-state index < -0.39 is 12.0 Å². The number of urea groups is 1. The van der Waals surface area contributed by atoms with Crippen molar-refractivity contribution in [2.24, 2.45) is 5.92 Å². The Labute approximate surface area is 106 Å². The smallest absolute Gasteiger partial charge is 0.327 e. The number of aliphatic carboxylic acids is 1. The van der Waals surface area contributed by atoms with Crippen molar-refractivity contribution >= 4 is 23.8 Å². The summed E-state index contributed by atoms with van der Waals surface area (Å²) in [5, 5.41) is 11.7. The van der Waals surface area contributed by atoms with E-state index in [-0.39, 0.29) is 6.03 Å². The third kappa shape index (κ3) is 4.46. The number of amides is 2. The Morgan fingerprint density at radius 2 is 2.24 bits per heavy atom. The van der Waals surface area contributed by atoms with Crippen LogP contribution in [0.25, 0.3) is 0 Å². The van der Waals surface area contributed by atoms with Crippen molar-refractivity contribution in [2.45, 2.75) is 32.7 Å². The molecule has 1 aliphatic heterocycles. The van der Waals surface area contributed by atoms with Crippen LogP contribution in [0, 0.1) is 5.92 Å². The first-order chi connectivity index (χ1) is 8.02. The van der Waals surface area contributed by atoms with Crippen LogP contribution >= 0.6 is 11.8 Å². The summed E-state index contributed by atoms with van der Waals surface area (Å²) in [6.45, 7) is 4.89. The summed E-state index contributed by atoms with van der Waals surface area (Å²) in [6, 6.07) is -0.934. The topological polar surface area (TPSA) is 69.6 Å². The van der Waals surface area contributed by atoms with Crippen LogP contribution in [-0.2, 0) is 4.79 Å². The Morgan fingerprint density at radius 3 is 2.82 bits per heavy atom. The Hall–Kier alpha value is -0.910. The second-order valence-corrected chi connectivity index (χ2v) is 5.59. The van der Waals surface area contributed by atoms with Crippen molar-refractivity contribution in [1.29, 1.82) is 0 Å². The highest BCUT2D eigenvalue weighted by Crippen LogP contribution is 2.20. The molecule has 2 N–H and O–H groups in total.